The molecule has 0 N–H and O–H groups in total. The fraction of sp³-hybridized carbons (Fsp3) is 0.400. The van der Waals surface area contributed by atoms with Gasteiger partial charge in [-0.3, -0.25) is 4.79 Å². The normalized spacial score (nSPS) is 15.1. The zero-order valence-electron chi connectivity index (χ0n) is 8.20. The molecule has 1 aromatic heterocycles. The second-order valence-corrected chi connectivity index (χ2v) is 5.27. The van der Waals surface area contributed by atoms with Gasteiger partial charge in [-0.1, -0.05) is 0 Å². The lowest BCUT2D eigenvalue weighted by Gasteiger charge is -2.16. The molecular weight excluding hydrogens is 324 g/mol. The summed E-state index contributed by atoms with van der Waals surface area (Å²) in [5.74, 6) is 0.0568. The van der Waals surface area contributed by atoms with E-state index in [1.807, 2.05) is 7.05 Å². The summed E-state index contributed by atoms with van der Waals surface area (Å²) in [4.78, 5) is 17.9. The summed E-state index contributed by atoms with van der Waals surface area (Å²) in [6, 6.07) is 3.92. The molecule has 0 radical (unpaired) electrons. The van der Waals surface area contributed by atoms with Gasteiger partial charge in [0.1, 0.15) is 9.21 Å². The average Bonchev–Trinajstić information content (AvgIpc) is 2.97. The number of hydrogen-bond donors (Lipinski definition) is 0. The second kappa shape index (κ2) is 4.22. The van der Waals surface area contributed by atoms with Gasteiger partial charge < -0.3 is 4.90 Å². The first-order valence-electron chi connectivity index (χ1n) is 4.68. The van der Waals surface area contributed by atoms with Gasteiger partial charge in [0.2, 0.25) is 0 Å². The van der Waals surface area contributed by atoms with Crippen molar-refractivity contribution in [3.63, 3.8) is 0 Å². The first-order chi connectivity index (χ1) is 7.08. The average molecular weight is 334 g/mol. The van der Waals surface area contributed by atoms with Gasteiger partial charge in [-0.05, 0) is 56.8 Å². The fourth-order valence-corrected chi connectivity index (χ4v) is 2.53. The van der Waals surface area contributed by atoms with Crippen molar-refractivity contribution < 1.29 is 4.79 Å². The predicted octanol–water partition coefficient (Wildman–Crippen LogP) is 2.84. The molecule has 5 heteroatoms. The summed E-state index contributed by atoms with van der Waals surface area (Å²) >= 11 is 6.54. The largest absolute Gasteiger partial charge is 0.339 e. The van der Waals surface area contributed by atoms with Gasteiger partial charge in [0.25, 0.3) is 5.91 Å². The summed E-state index contributed by atoms with van der Waals surface area (Å²) < 4.78 is 1.34. The number of carbonyl (C=O) groups is 1. The number of aromatic nitrogens is 1. The van der Waals surface area contributed by atoms with Gasteiger partial charge in [-0.15, -0.1) is 0 Å². The molecule has 0 unspecified atom stereocenters. The number of amides is 1. The molecule has 1 heterocycles. The van der Waals surface area contributed by atoms with Crippen LogP contribution in [0.25, 0.3) is 0 Å². The molecule has 0 aliphatic heterocycles. The van der Waals surface area contributed by atoms with Crippen LogP contribution in [0.1, 0.15) is 23.2 Å². The Kier molecular flexibility index (Phi) is 3.11. The van der Waals surface area contributed by atoms with Crippen molar-refractivity contribution in [1.29, 1.82) is 0 Å². The zero-order valence-corrected chi connectivity index (χ0v) is 11.4. The maximum Gasteiger partial charge on any atom is 0.254 e. The van der Waals surface area contributed by atoms with Crippen LogP contribution in [0, 0.1) is 0 Å². The van der Waals surface area contributed by atoms with Crippen molar-refractivity contribution in [2.75, 3.05) is 7.05 Å². The lowest BCUT2D eigenvalue weighted by atomic mass is 10.2. The van der Waals surface area contributed by atoms with Crippen molar-refractivity contribution in [3.05, 3.63) is 26.9 Å². The topological polar surface area (TPSA) is 33.2 Å². The van der Waals surface area contributed by atoms with Crippen LogP contribution in [0.3, 0.4) is 0 Å². The minimum Gasteiger partial charge on any atom is -0.339 e. The Labute approximate surface area is 105 Å². The molecule has 1 saturated carbocycles. The molecule has 3 nitrogen and oxygen atoms in total. The van der Waals surface area contributed by atoms with Gasteiger partial charge in [0.15, 0.2) is 0 Å². The van der Waals surface area contributed by atoms with E-state index in [-0.39, 0.29) is 5.91 Å². The maximum atomic E-state index is 12.0. The first-order valence-corrected chi connectivity index (χ1v) is 6.27. The minimum absolute atomic E-state index is 0.0568. The standard InChI is InChI=1S/C10H10Br2N2O/c1-14(7-2-3-7)10(15)6-4-8(11)13-9(12)5-6/h4-5,7H,2-3H2,1H3. The van der Waals surface area contributed by atoms with Gasteiger partial charge in [-0.25, -0.2) is 4.98 Å². The van der Waals surface area contributed by atoms with Crippen LogP contribution in [0.5, 0.6) is 0 Å². The molecule has 1 aromatic rings. The predicted molar refractivity (Wildman–Crippen MR) is 64.8 cm³/mol. The summed E-state index contributed by atoms with van der Waals surface area (Å²) in [6.45, 7) is 0. The van der Waals surface area contributed by atoms with Crippen molar-refractivity contribution in [2.24, 2.45) is 0 Å². The molecule has 0 bridgehead atoms. The van der Waals surface area contributed by atoms with E-state index in [9.17, 15) is 4.79 Å². The van der Waals surface area contributed by atoms with Crippen LogP contribution in [-0.4, -0.2) is 28.9 Å². The highest BCUT2D eigenvalue weighted by Gasteiger charge is 2.30. The Morgan fingerprint density at radius 2 is 1.93 bits per heavy atom. The number of carbonyl (C=O) groups excluding carboxylic acids is 1. The van der Waals surface area contributed by atoms with E-state index in [0.717, 1.165) is 12.8 Å². The van der Waals surface area contributed by atoms with Crippen molar-refractivity contribution in [1.82, 2.24) is 9.88 Å². The van der Waals surface area contributed by atoms with Crippen LogP contribution in [-0.2, 0) is 0 Å². The molecule has 0 atom stereocenters. The van der Waals surface area contributed by atoms with E-state index in [1.54, 1.807) is 17.0 Å². The quantitative estimate of drug-likeness (QED) is 0.780. The van der Waals surface area contributed by atoms with Gasteiger partial charge >= 0.3 is 0 Å². The first kappa shape index (κ1) is 11.1. The molecule has 80 valence electrons. The third kappa shape index (κ3) is 2.58. The van der Waals surface area contributed by atoms with E-state index >= 15 is 0 Å². The molecule has 1 aliphatic carbocycles. The second-order valence-electron chi connectivity index (χ2n) is 3.65. The third-order valence-electron chi connectivity index (χ3n) is 2.42. The Balaban J connectivity index is 2.24. The Bertz CT molecular complexity index is 384. The van der Waals surface area contributed by atoms with Gasteiger partial charge in [0, 0.05) is 18.7 Å². The number of halogens is 2. The molecule has 1 amide bonds. The molecular formula is C10H10Br2N2O. The SMILES string of the molecule is CN(C(=O)c1cc(Br)nc(Br)c1)C1CC1. The highest BCUT2D eigenvalue weighted by molar-refractivity contribution is 9.11. The third-order valence-corrected chi connectivity index (χ3v) is 3.24. The summed E-state index contributed by atoms with van der Waals surface area (Å²) in [5, 5.41) is 0. The van der Waals surface area contributed by atoms with Crippen LogP contribution in [0.4, 0.5) is 0 Å². The van der Waals surface area contributed by atoms with Gasteiger partial charge in [0.05, 0.1) is 0 Å². The number of hydrogen-bond acceptors (Lipinski definition) is 2. The Morgan fingerprint density at radius 1 is 1.40 bits per heavy atom. The highest BCUT2D eigenvalue weighted by Crippen LogP contribution is 2.27. The summed E-state index contributed by atoms with van der Waals surface area (Å²) in [7, 11) is 1.85. The molecule has 0 saturated heterocycles. The molecule has 0 aromatic carbocycles. The molecule has 1 aliphatic rings. The summed E-state index contributed by atoms with van der Waals surface area (Å²) in [6.07, 6.45) is 2.24. The number of nitrogens with zero attached hydrogens (tertiary/aromatic N) is 2. The monoisotopic (exact) mass is 332 g/mol. The van der Waals surface area contributed by atoms with E-state index in [4.69, 9.17) is 0 Å². The zero-order chi connectivity index (χ0) is 11.0. The number of pyridine rings is 1. The van der Waals surface area contributed by atoms with Crippen LogP contribution in [0.2, 0.25) is 0 Å². The van der Waals surface area contributed by atoms with Gasteiger partial charge in [-0.2, -0.15) is 0 Å². The smallest absolute Gasteiger partial charge is 0.254 e. The van der Waals surface area contributed by atoms with Crippen molar-refractivity contribution in [3.8, 4) is 0 Å². The molecule has 1 fully saturated rings. The van der Waals surface area contributed by atoms with Crippen LogP contribution >= 0.6 is 31.9 Å². The van der Waals surface area contributed by atoms with E-state index < -0.39 is 0 Å². The molecule has 0 spiro atoms. The van der Waals surface area contributed by atoms with Crippen LogP contribution in [0.15, 0.2) is 21.3 Å². The van der Waals surface area contributed by atoms with Crippen molar-refractivity contribution in [2.45, 2.75) is 18.9 Å². The van der Waals surface area contributed by atoms with E-state index in [0.29, 0.717) is 20.8 Å². The lowest BCUT2D eigenvalue weighted by molar-refractivity contribution is 0.0785. The van der Waals surface area contributed by atoms with Crippen molar-refractivity contribution >= 4 is 37.8 Å². The van der Waals surface area contributed by atoms with E-state index in [2.05, 4.69) is 36.8 Å². The number of rotatable bonds is 2. The van der Waals surface area contributed by atoms with E-state index in [1.165, 1.54) is 0 Å². The Hall–Kier alpha value is -0.420. The molecule has 2 rings (SSSR count). The van der Waals surface area contributed by atoms with Crippen LogP contribution < -0.4 is 0 Å². The lowest BCUT2D eigenvalue weighted by Crippen LogP contribution is -2.28. The maximum absolute atomic E-state index is 12.0. The molecule has 15 heavy (non-hydrogen) atoms. The fourth-order valence-electron chi connectivity index (χ4n) is 1.42. The minimum atomic E-state index is 0.0568. The Morgan fingerprint density at radius 3 is 2.40 bits per heavy atom. The summed E-state index contributed by atoms with van der Waals surface area (Å²) in [5.41, 5.74) is 0.665. The highest BCUT2D eigenvalue weighted by atomic mass is 79.9.